The maximum atomic E-state index is 12.5. The zero-order valence-electron chi connectivity index (χ0n) is 10.3. The Kier molecular flexibility index (Phi) is 3.68. The SMILES string of the molecule is CN(C(=O)C1(C(N)=S)CCC1)C1CCOCC1. The molecule has 0 aromatic carbocycles. The lowest BCUT2D eigenvalue weighted by atomic mass is 9.67. The van der Waals surface area contributed by atoms with Crippen LogP contribution >= 0.6 is 12.2 Å². The second-order valence-corrected chi connectivity index (χ2v) is 5.50. The average Bonchev–Trinajstić information content (AvgIpc) is 2.27. The van der Waals surface area contributed by atoms with Crippen LogP contribution in [0.2, 0.25) is 0 Å². The number of carbonyl (C=O) groups excluding carboxylic acids is 1. The molecule has 0 atom stereocenters. The molecule has 4 nitrogen and oxygen atoms in total. The van der Waals surface area contributed by atoms with Gasteiger partial charge in [-0.15, -0.1) is 0 Å². The summed E-state index contributed by atoms with van der Waals surface area (Å²) in [5.41, 5.74) is 5.22. The Bertz CT molecular complexity index is 322. The molecule has 96 valence electrons. The number of thiocarbonyl (C=S) groups is 1. The fourth-order valence-corrected chi connectivity index (χ4v) is 2.96. The Morgan fingerprint density at radius 3 is 2.41 bits per heavy atom. The number of hydrogen-bond donors (Lipinski definition) is 1. The molecular formula is C12H20N2O2S. The molecule has 0 bridgehead atoms. The summed E-state index contributed by atoms with van der Waals surface area (Å²) in [5, 5.41) is 0. The van der Waals surface area contributed by atoms with Crippen molar-refractivity contribution in [3.63, 3.8) is 0 Å². The van der Waals surface area contributed by atoms with Gasteiger partial charge in [0.1, 0.15) is 0 Å². The second kappa shape index (κ2) is 4.90. The lowest BCUT2D eigenvalue weighted by Gasteiger charge is -2.44. The molecule has 5 heteroatoms. The number of carbonyl (C=O) groups is 1. The molecule has 0 unspecified atom stereocenters. The molecule has 0 aromatic heterocycles. The highest BCUT2D eigenvalue weighted by molar-refractivity contribution is 7.80. The van der Waals surface area contributed by atoms with Crippen molar-refractivity contribution in [3.8, 4) is 0 Å². The van der Waals surface area contributed by atoms with E-state index in [1.807, 2.05) is 11.9 Å². The maximum Gasteiger partial charge on any atom is 0.235 e. The molecule has 2 fully saturated rings. The van der Waals surface area contributed by atoms with E-state index >= 15 is 0 Å². The monoisotopic (exact) mass is 256 g/mol. The second-order valence-electron chi connectivity index (χ2n) is 5.06. The number of amides is 1. The highest BCUT2D eigenvalue weighted by atomic mass is 32.1. The predicted molar refractivity (Wildman–Crippen MR) is 69.7 cm³/mol. The molecule has 1 aliphatic carbocycles. The van der Waals surface area contributed by atoms with Crippen molar-refractivity contribution >= 4 is 23.1 Å². The molecule has 1 aliphatic heterocycles. The zero-order valence-corrected chi connectivity index (χ0v) is 11.1. The topological polar surface area (TPSA) is 55.6 Å². The van der Waals surface area contributed by atoms with E-state index in [0.717, 1.165) is 45.3 Å². The third-order valence-corrected chi connectivity index (χ3v) is 4.54. The molecule has 1 saturated carbocycles. The van der Waals surface area contributed by atoms with Gasteiger partial charge in [0, 0.05) is 26.3 Å². The van der Waals surface area contributed by atoms with Crippen LogP contribution < -0.4 is 5.73 Å². The summed E-state index contributed by atoms with van der Waals surface area (Å²) in [6.45, 7) is 1.48. The average molecular weight is 256 g/mol. The minimum Gasteiger partial charge on any atom is -0.392 e. The number of nitrogens with two attached hydrogens (primary N) is 1. The van der Waals surface area contributed by atoms with Crippen molar-refractivity contribution in [3.05, 3.63) is 0 Å². The van der Waals surface area contributed by atoms with Gasteiger partial charge in [0.05, 0.1) is 10.4 Å². The predicted octanol–water partition coefficient (Wildman–Crippen LogP) is 1.08. The van der Waals surface area contributed by atoms with Crippen LogP contribution in [-0.2, 0) is 9.53 Å². The molecule has 2 aliphatic rings. The summed E-state index contributed by atoms with van der Waals surface area (Å²) >= 11 is 5.08. The molecule has 1 saturated heterocycles. The maximum absolute atomic E-state index is 12.5. The molecule has 1 heterocycles. The first-order chi connectivity index (χ1) is 8.08. The Morgan fingerprint density at radius 1 is 1.41 bits per heavy atom. The van der Waals surface area contributed by atoms with E-state index in [4.69, 9.17) is 22.7 Å². The van der Waals surface area contributed by atoms with Gasteiger partial charge < -0.3 is 15.4 Å². The van der Waals surface area contributed by atoms with E-state index in [9.17, 15) is 4.79 Å². The molecule has 0 radical (unpaired) electrons. The third-order valence-electron chi connectivity index (χ3n) is 4.15. The quantitative estimate of drug-likeness (QED) is 0.768. The first-order valence-electron chi connectivity index (χ1n) is 6.23. The van der Waals surface area contributed by atoms with E-state index in [-0.39, 0.29) is 11.9 Å². The highest BCUT2D eigenvalue weighted by Crippen LogP contribution is 2.43. The van der Waals surface area contributed by atoms with Crippen molar-refractivity contribution in [1.29, 1.82) is 0 Å². The number of nitrogens with zero attached hydrogens (tertiary/aromatic N) is 1. The minimum absolute atomic E-state index is 0.114. The van der Waals surface area contributed by atoms with Gasteiger partial charge >= 0.3 is 0 Å². The van der Waals surface area contributed by atoms with Crippen LogP contribution in [0.4, 0.5) is 0 Å². The van der Waals surface area contributed by atoms with Gasteiger partial charge in [-0.1, -0.05) is 18.6 Å². The lowest BCUT2D eigenvalue weighted by molar-refractivity contribution is -0.144. The number of rotatable bonds is 3. The van der Waals surface area contributed by atoms with Gasteiger partial charge in [-0.3, -0.25) is 4.79 Å². The number of hydrogen-bond acceptors (Lipinski definition) is 3. The van der Waals surface area contributed by atoms with E-state index in [1.165, 1.54) is 0 Å². The first kappa shape index (κ1) is 12.8. The Hall–Kier alpha value is -0.680. The fourth-order valence-electron chi connectivity index (χ4n) is 2.67. The fraction of sp³-hybridized carbons (Fsp3) is 0.833. The smallest absolute Gasteiger partial charge is 0.235 e. The van der Waals surface area contributed by atoms with Gasteiger partial charge in [0.25, 0.3) is 0 Å². The minimum atomic E-state index is -0.539. The lowest BCUT2D eigenvalue weighted by Crippen LogP contribution is -2.56. The van der Waals surface area contributed by atoms with Crippen LogP contribution in [0.1, 0.15) is 32.1 Å². The molecule has 1 amide bonds. The van der Waals surface area contributed by atoms with Crippen LogP contribution in [0.15, 0.2) is 0 Å². The summed E-state index contributed by atoms with van der Waals surface area (Å²) in [5.74, 6) is 0.114. The Morgan fingerprint density at radius 2 is 2.00 bits per heavy atom. The standard InChI is InChI=1S/C12H20N2O2S/c1-14(9-3-7-16-8-4-9)11(15)12(10(13)17)5-2-6-12/h9H,2-8H2,1H3,(H2,13,17). The Labute approximate surface area is 107 Å². The first-order valence-corrected chi connectivity index (χ1v) is 6.64. The zero-order chi connectivity index (χ0) is 12.5. The summed E-state index contributed by atoms with van der Waals surface area (Å²) in [7, 11) is 1.87. The van der Waals surface area contributed by atoms with E-state index < -0.39 is 5.41 Å². The molecule has 2 rings (SSSR count). The molecule has 0 spiro atoms. The van der Waals surface area contributed by atoms with Gasteiger partial charge in [-0.2, -0.15) is 0 Å². The van der Waals surface area contributed by atoms with Crippen LogP contribution in [0.25, 0.3) is 0 Å². The summed E-state index contributed by atoms with van der Waals surface area (Å²) in [6.07, 6.45) is 4.50. The largest absolute Gasteiger partial charge is 0.392 e. The van der Waals surface area contributed by atoms with E-state index in [2.05, 4.69) is 0 Å². The van der Waals surface area contributed by atoms with Gasteiger partial charge in [-0.05, 0) is 25.7 Å². The summed E-state index contributed by atoms with van der Waals surface area (Å²) in [4.78, 5) is 14.7. The van der Waals surface area contributed by atoms with E-state index in [0.29, 0.717) is 4.99 Å². The van der Waals surface area contributed by atoms with E-state index in [1.54, 1.807) is 0 Å². The third kappa shape index (κ3) is 2.18. The van der Waals surface area contributed by atoms with Crippen LogP contribution in [0.3, 0.4) is 0 Å². The van der Waals surface area contributed by atoms with Crippen molar-refractivity contribution in [2.24, 2.45) is 11.1 Å². The van der Waals surface area contributed by atoms with Crippen molar-refractivity contribution < 1.29 is 9.53 Å². The van der Waals surface area contributed by atoms with Crippen molar-refractivity contribution in [2.45, 2.75) is 38.1 Å². The van der Waals surface area contributed by atoms with Gasteiger partial charge in [0.15, 0.2) is 0 Å². The van der Waals surface area contributed by atoms with Gasteiger partial charge in [-0.25, -0.2) is 0 Å². The molecule has 2 N–H and O–H groups in total. The number of ether oxygens (including phenoxy) is 1. The van der Waals surface area contributed by atoms with Crippen molar-refractivity contribution in [1.82, 2.24) is 4.90 Å². The van der Waals surface area contributed by atoms with Crippen LogP contribution in [0.5, 0.6) is 0 Å². The Balaban J connectivity index is 2.05. The molecular weight excluding hydrogens is 236 g/mol. The van der Waals surface area contributed by atoms with Crippen LogP contribution in [-0.4, -0.2) is 42.1 Å². The van der Waals surface area contributed by atoms with Crippen molar-refractivity contribution in [2.75, 3.05) is 20.3 Å². The summed E-state index contributed by atoms with van der Waals surface area (Å²) < 4.78 is 5.31. The normalized spacial score (nSPS) is 23.8. The molecule has 0 aromatic rings. The van der Waals surface area contributed by atoms with Gasteiger partial charge in [0.2, 0.25) is 5.91 Å². The summed E-state index contributed by atoms with van der Waals surface area (Å²) in [6, 6.07) is 0.281. The molecule has 17 heavy (non-hydrogen) atoms. The highest BCUT2D eigenvalue weighted by Gasteiger charge is 2.49. The van der Waals surface area contributed by atoms with Crippen LogP contribution in [0, 0.1) is 5.41 Å².